The fraction of sp³-hybridized carbons (Fsp3) is 0.333. The second kappa shape index (κ2) is 9.74. The SMILES string of the molecule is CCN(CC)C(=S)S[C@@H](C(=O)Nc1cc(C)ccc1C)c1ccccc1. The average Bonchev–Trinajstić information content (AvgIpc) is 2.64. The Balaban J connectivity index is 2.27. The van der Waals surface area contributed by atoms with Crippen LogP contribution in [0, 0.1) is 13.8 Å². The Hall–Kier alpha value is -1.85. The van der Waals surface area contributed by atoms with Gasteiger partial charge >= 0.3 is 0 Å². The summed E-state index contributed by atoms with van der Waals surface area (Å²) < 4.78 is 0.750. The molecule has 0 radical (unpaired) electrons. The van der Waals surface area contributed by atoms with E-state index in [1.165, 1.54) is 11.8 Å². The Bertz CT molecular complexity index is 758. The van der Waals surface area contributed by atoms with Crippen LogP contribution in [0.4, 0.5) is 5.69 Å². The standard InChI is InChI=1S/C21H26N2OS2/c1-5-23(6-2)21(25)26-19(17-10-8-7-9-11-17)20(24)22-18-14-15(3)12-13-16(18)4/h7-14,19H,5-6H2,1-4H3,(H,22,24)/t19-/m1/s1. The van der Waals surface area contributed by atoms with E-state index in [4.69, 9.17) is 12.2 Å². The van der Waals surface area contributed by atoms with Gasteiger partial charge in [-0.2, -0.15) is 0 Å². The molecule has 2 aromatic rings. The van der Waals surface area contributed by atoms with Crippen molar-refractivity contribution in [3.63, 3.8) is 0 Å². The molecule has 0 fully saturated rings. The van der Waals surface area contributed by atoms with Crippen molar-refractivity contribution in [2.24, 2.45) is 0 Å². The molecular formula is C21H26N2OS2. The number of aryl methyl sites for hydroxylation is 2. The van der Waals surface area contributed by atoms with E-state index in [1.807, 2.05) is 62.4 Å². The summed E-state index contributed by atoms with van der Waals surface area (Å²) in [6.07, 6.45) is 0. The van der Waals surface area contributed by atoms with E-state index in [0.29, 0.717) is 0 Å². The number of anilines is 1. The minimum atomic E-state index is -0.385. The lowest BCUT2D eigenvalue weighted by Gasteiger charge is -2.25. The number of nitrogens with one attached hydrogen (secondary N) is 1. The van der Waals surface area contributed by atoms with Gasteiger partial charge in [-0.15, -0.1) is 0 Å². The first-order valence-electron chi connectivity index (χ1n) is 8.84. The first-order chi connectivity index (χ1) is 12.5. The van der Waals surface area contributed by atoms with Gasteiger partial charge in [-0.05, 0) is 50.5 Å². The van der Waals surface area contributed by atoms with E-state index >= 15 is 0 Å². The van der Waals surface area contributed by atoms with Crippen LogP contribution in [0.15, 0.2) is 48.5 Å². The molecule has 0 aliphatic rings. The lowest BCUT2D eigenvalue weighted by Crippen LogP contribution is -2.29. The first-order valence-corrected chi connectivity index (χ1v) is 10.1. The van der Waals surface area contributed by atoms with Crippen molar-refractivity contribution < 1.29 is 4.79 Å². The molecule has 0 spiro atoms. The third-order valence-corrected chi connectivity index (χ3v) is 5.96. The third kappa shape index (κ3) is 5.32. The summed E-state index contributed by atoms with van der Waals surface area (Å²) in [6.45, 7) is 9.84. The zero-order chi connectivity index (χ0) is 19.1. The van der Waals surface area contributed by atoms with Crippen LogP contribution < -0.4 is 5.32 Å². The molecule has 0 unspecified atom stereocenters. The molecule has 0 heterocycles. The number of benzene rings is 2. The molecule has 0 bridgehead atoms. The van der Waals surface area contributed by atoms with Gasteiger partial charge in [-0.3, -0.25) is 4.79 Å². The molecule has 0 saturated heterocycles. The molecule has 3 nitrogen and oxygen atoms in total. The van der Waals surface area contributed by atoms with E-state index in [9.17, 15) is 4.79 Å². The predicted molar refractivity (Wildman–Crippen MR) is 117 cm³/mol. The molecule has 1 atom stereocenters. The maximum atomic E-state index is 13.1. The summed E-state index contributed by atoms with van der Waals surface area (Å²) >= 11 is 7.03. The Kier molecular flexibility index (Phi) is 7.66. The maximum Gasteiger partial charge on any atom is 0.242 e. The molecule has 1 amide bonds. The fourth-order valence-electron chi connectivity index (χ4n) is 2.63. The van der Waals surface area contributed by atoms with Crippen LogP contribution in [0.5, 0.6) is 0 Å². The molecule has 2 rings (SSSR count). The molecule has 2 aromatic carbocycles. The van der Waals surface area contributed by atoms with Crippen LogP contribution in [0.1, 0.15) is 35.8 Å². The molecule has 5 heteroatoms. The third-order valence-electron chi connectivity index (χ3n) is 4.23. The quantitative estimate of drug-likeness (QED) is 0.679. The minimum Gasteiger partial charge on any atom is -0.358 e. The minimum absolute atomic E-state index is 0.0515. The van der Waals surface area contributed by atoms with Crippen molar-refractivity contribution in [3.05, 3.63) is 65.2 Å². The highest BCUT2D eigenvalue weighted by Gasteiger charge is 2.25. The van der Waals surface area contributed by atoms with Crippen LogP contribution in [-0.4, -0.2) is 28.2 Å². The Labute approximate surface area is 166 Å². The largest absolute Gasteiger partial charge is 0.358 e. The number of carbonyl (C=O) groups excluding carboxylic acids is 1. The highest BCUT2D eigenvalue weighted by Crippen LogP contribution is 2.33. The first kappa shape index (κ1) is 20.5. The number of hydrogen-bond donors (Lipinski definition) is 1. The van der Waals surface area contributed by atoms with E-state index in [2.05, 4.69) is 24.1 Å². The van der Waals surface area contributed by atoms with E-state index in [1.54, 1.807) is 0 Å². The van der Waals surface area contributed by atoms with Crippen molar-refractivity contribution in [2.45, 2.75) is 32.9 Å². The molecule has 1 N–H and O–H groups in total. The molecule has 26 heavy (non-hydrogen) atoms. The van der Waals surface area contributed by atoms with Crippen LogP contribution in [0.3, 0.4) is 0 Å². The summed E-state index contributed by atoms with van der Waals surface area (Å²) in [5, 5.41) is 2.71. The number of hydrogen-bond acceptors (Lipinski definition) is 3. The molecule has 138 valence electrons. The Morgan fingerprint density at radius 3 is 2.38 bits per heavy atom. The van der Waals surface area contributed by atoms with Gasteiger partial charge in [0.05, 0.1) is 0 Å². The topological polar surface area (TPSA) is 32.3 Å². The Morgan fingerprint density at radius 1 is 1.12 bits per heavy atom. The van der Waals surface area contributed by atoms with Gasteiger partial charge in [0.1, 0.15) is 9.57 Å². The lowest BCUT2D eigenvalue weighted by molar-refractivity contribution is -0.115. The van der Waals surface area contributed by atoms with Crippen molar-refractivity contribution >= 4 is 39.9 Å². The Morgan fingerprint density at radius 2 is 1.77 bits per heavy atom. The number of rotatable bonds is 6. The van der Waals surface area contributed by atoms with Crippen LogP contribution in [0.25, 0.3) is 0 Å². The van der Waals surface area contributed by atoms with Crippen molar-refractivity contribution in [2.75, 3.05) is 18.4 Å². The molecule has 0 aliphatic carbocycles. The summed E-state index contributed by atoms with van der Waals surface area (Å²) in [6, 6.07) is 15.9. The number of nitrogens with zero attached hydrogens (tertiary/aromatic N) is 1. The zero-order valence-corrected chi connectivity index (χ0v) is 17.4. The summed E-state index contributed by atoms with van der Waals surface area (Å²) in [4.78, 5) is 15.2. The smallest absolute Gasteiger partial charge is 0.242 e. The van der Waals surface area contributed by atoms with Crippen molar-refractivity contribution in [1.29, 1.82) is 0 Å². The monoisotopic (exact) mass is 386 g/mol. The highest BCUT2D eigenvalue weighted by molar-refractivity contribution is 8.23. The van der Waals surface area contributed by atoms with Crippen LogP contribution >= 0.6 is 24.0 Å². The lowest BCUT2D eigenvalue weighted by atomic mass is 10.1. The van der Waals surface area contributed by atoms with Crippen molar-refractivity contribution in [3.8, 4) is 0 Å². The summed E-state index contributed by atoms with van der Waals surface area (Å²) in [7, 11) is 0. The van der Waals surface area contributed by atoms with Crippen LogP contribution in [0.2, 0.25) is 0 Å². The van der Waals surface area contributed by atoms with Crippen molar-refractivity contribution in [1.82, 2.24) is 4.90 Å². The van der Waals surface area contributed by atoms with Gasteiger partial charge in [0.25, 0.3) is 0 Å². The summed E-state index contributed by atoms with van der Waals surface area (Å²) in [5.74, 6) is -0.0515. The van der Waals surface area contributed by atoms with E-state index in [0.717, 1.165) is 39.8 Å². The predicted octanol–water partition coefficient (Wildman–Crippen LogP) is 5.34. The number of thiocarbonyl (C=S) groups is 1. The molecule has 0 aliphatic heterocycles. The fourth-order valence-corrected chi connectivity index (χ4v) is 4.24. The normalized spacial score (nSPS) is 11.7. The highest BCUT2D eigenvalue weighted by atomic mass is 32.2. The molecular weight excluding hydrogens is 360 g/mol. The second-order valence-corrected chi connectivity index (χ2v) is 7.89. The van der Waals surface area contributed by atoms with E-state index < -0.39 is 0 Å². The summed E-state index contributed by atoms with van der Waals surface area (Å²) in [5.41, 5.74) is 3.97. The van der Waals surface area contributed by atoms with Gasteiger partial charge < -0.3 is 10.2 Å². The second-order valence-electron chi connectivity index (χ2n) is 6.15. The maximum absolute atomic E-state index is 13.1. The van der Waals surface area contributed by atoms with Gasteiger partial charge in [0.2, 0.25) is 5.91 Å². The van der Waals surface area contributed by atoms with Crippen LogP contribution in [-0.2, 0) is 4.79 Å². The molecule has 0 aromatic heterocycles. The number of carbonyl (C=O) groups is 1. The van der Waals surface area contributed by atoms with Gasteiger partial charge in [-0.1, -0.05) is 66.4 Å². The molecule has 0 saturated carbocycles. The zero-order valence-electron chi connectivity index (χ0n) is 15.8. The number of amides is 1. The number of thioether (sulfide) groups is 1. The van der Waals surface area contributed by atoms with Gasteiger partial charge in [0.15, 0.2) is 0 Å². The van der Waals surface area contributed by atoms with Gasteiger partial charge in [0, 0.05) is 18.8 Å². The van der Waals surface area contributed by atoms with E-state index in [-0.39, 0.29) is 11.2 Å². The van der Waals surface area contributed by atoms with Gasteiger partial charge in [-0.25, -0.2) is 0 Å². The average molecular weight is 387 g/mol.